The molecular weight excluding hydrogens is 542 g/mol. The third-order valence-corrected chi connectivity index (χ3v) is 9.94. The van der Waals surface area contributed by atoms with Gasteiger partial charge in [-0.05, 0) is 54.3 Å². The van der Waals surface area contributed by atoms with Crippen LogP contribution in [-0.4, -0.2) is 36.9 Å². The molecular formula is C31H27N3O6S. The molecule has 0 bridgehead atoms. The summed E-state index contributed by atoms with van der Waals surface area (Å²) in [6.07, 6.45) is 3.71. The molecule has 2 aliphatic heterocycles. The molecule has 0 N–H and O–H groups in total. The fourth-order valence-electron chi connectivity index (χ4n) is 6.01. The second-order valence-corrected chi connectivity index (χ2v) is 12.5. The lowest BCUT2D eigenvalue weighted by molar-refractivity contribution is 0.0969. The number of rotatable bonds is 4. The molecule has 2 aliphatic rings. The van der Waals surface area contributed by atoms with Crippen molar-refractivity contribution in [1.29, 1.82) is 0 Å². The zero-order valence-electron chi connectivity index (χ0n) is 22.4. The summed E-state index contributed by atoms with van der Waals surface area (Å²) in [6, 6.07) is 18.2. The number of hydrogen-bond acceptors (Lipinski definition) is 7. The van der Waals surface area contributed by atoms with Gasteiger partial charge in [-0.1, -0.05) is 60.5 Å². The molecule has 41 heavy (non-hydrogen) atoms. The van der Waals surface area contributed by atoms with E-state index >= 15 is 0 Å². The average molecular weight is 570 g/mol. The normalized spacial score (nSPS) is 18.2. The molecule has 1 amide bonds. The van der Waals surface area contributed by atoms with E-state index in [0.29, 0.717) is 35.4 Å². The molecule has 3 aromatic carbocycles. The highest BCUT2D eigenvalue weighted by molar-refractivity contribution is 7.89. The Morgan fingerprint density at radius 3 is 2.34 bits per heavy atom. The van der Waals surface area contributed by atoms with Crippen LogP contribution in [0.15, 0.2) is 85.4 Å². The Labute approximate surface area is 236 Å². The van der Waals surface area contributed by atoms with Crippen molar-refractivity contribution in [2.75, 3.05) is 18.0 Å². The summed E-state index contributed by atoms with van der Waals surface area (Å²) in [5.74, 6) is 0.145. The van der Waals surface area contributed by atoms with Crippen molar-refractivity contribution in [3.05, 3.63) is 99.6 Å². The molecule has 208 valence electrons. The number of amides is 1. The fraction of sp³-hybridized carbons (Fsp3) is 0.258. The van der Waals surface area contributed by atoms with Crippen molar-refractivity contribution in [2.45, 2.75) is 43.5 Å². The lowest BCUT2D eigenvalue weighted by Crippen LogP contribution is -2.32. The monoisotopic (exact) mass is 569 g/mol. The molecule has 2 aromatic heterocycles. The number of fused-ring (bicyclic) bond motifs is 4. The summed E-state index contributed by atoms with van der Waals surface area (Å²) in [6.45, 7) is 2.71. The Balaban J connectivity index is 1.40. The number of benzene rings is 3. The third-order valence-electron chi connectivity index (χ3n) is 8.02. The maximum Gasteiger partial charge on any atom is 0.296 e. The summed E-state index contributed by atoms with van der Waals surface area (Å²) in [5.41, 5.74) is 0.735. The molecule has 7 rings (SSSR count). The number of hydrogen-bond donors (Lipinski definition) is 0. The molecule has 0 spiro atoms. The van der Waals surface area contributed by atoms with Crippen molar-refractivity contribution in [3.8, 4) is 0 Å². The Bertz CT molecular complexity index is 1990. The summed E-state index contributed by atoms with van der Waals surface area (Å²) >= 11 is 0. The van der Waals surface area contributed by atoms with E-state index in [1.54, 1.807) is 47.6 Å². The van der Waals surface area contributed by atoms with Gasteiger partial charge in [-0.25, -0.2) is 8.42 Å². The number of aromatic nitrogens is 1. The van der Waals surface area contributed by atoms with Crippen molar-refractivity contribution in [3.63, 3.8) is 0 Å². The van der Waals surface area contributed by atoms with E-state index in [9.17, 15) is 18.0 Å². The van der Waals surface area contributed by atoms with E-state index < -0.39 is 22.0 Å². The molecule has 0 radical (unpaired) electrons. The first-order valence-corrected chi connectivity index (χ1v) is 15.1. The molecule has 4 heterocycles. The largest absolute Gasteiger partial charge is 0.450 e. The number of sulfonamides is 1. The van der Waals surface area contributed by atoms with Gasteiger partial charge in [0, 0.05) is 19.2 Å². The third kappa shape index (κ3) is 4.08. The van der Waals surface area contributed by atoms with E-state index in [0.717, 1.165) is 36.5 Å². The van der Waals surface area contributed by atoms with Crippen LogP contribution in [0.5, 0.6) is 0 Å². The van der Waals surface area contributed by atoms with Gasteiger partial charge in [-0.2, -0.15) is 4.31 Å². The summed E-state index contributed by atoms with van der Waals surface area (Å²) < 4.78 is 39.8. The van der Waals surface area contributed by atoms with E-state index in [1.807, 2.05) is 30.3 Å². The lowest BCUT2D eigenvalue weighted by atomic mass is 9.97. The van der Waals surface area contributed by atoms with E-state index in [2.05, 4.69) is 5.16 Å². The van der Waals surface area contributed by atoms with Gasteiger partial charge in [0.2, 0.25) is 15.8 Å². The van der Waals surface area contributed by atoms with Gasteiger partial charge in [0.1, 0.15) is 11.3 Å². The number of nitrogens with zero attached hydrogens (tertiary/aromatic N) is 3. The highest BCUT2D eigenvalue weighted by Crippen LogP contribution is 2.42. The second-order valence-electron chi connectivity index (χ2n) is 10.6. The molecule has 1 unspecified atom stereocenters. The van der Waals surface area contributed by atoms with E-state index in [1.165, 1.54) is 4.90 Å². The van der Waals surface area contributed by atoms with Gasteiger partial charge in [0.15, 0.2) is 11.2 Å². The quantitative estimate of drug-likeness (QED) is 0.261. The molecule has 9 nitrogen and oxygen atoms in total. The van der Waals surface area contributed by atoms with Crippen molar-refractivity contribution in [2.24, 2.45) is 0 Å². The van der Waals surface area contributed by atoms with Crippen LogP contribution >= 0.6 is 0 Å². The average Bonchev–Trinajstić information content (AvgIpc) is 3.39. The minimum absolute atomic E-state index is 0.0651. The minimum atomic E-state index is -3.68. The van der Waals surface area contributed by atoms with Gasteiger partial charge < -0.3 is 8.94 Å². The maximum absolute atomic E-state index is 14.2. The number of anilines is 1. The van der Waals surface area contributed by atoms with Gasteiger partial charge in [0.25, 0.3) is 5.91 Å². The van der Waals surface area contributed by atoms with E-state index in [-0.39, 0.29) is 27.5 Å². The van der Waals surface area contributed by atoms with Crippen LogP contribution in [-0.2, 0) is 10.0 Å². The Morgan fingerprint density at radius 1 is 0.902 bits per heavy atom. The van der Waals surface area contributed by atoms with Gasteiger partial charge >= 0.3 is 0 Å². The molecule has 10 heteroatoms. The smallest absolute Gasteiger partial charge is 0.296 e. The number of carbonyl (C=O) groups is 1. The standard InChI is InChI=1S/C31H27N3O6S/c1-19-18-25(32-40-19)34-28(21-10-13-22(14-11-21)41(37,38)33-16-6-2-3-7-17-33)27-29(35)26-23-9-5-4-8-20(23)12-15-24(26)39-30(27)31(34)36/h4-5,8-15,18,28H,2-3,6-7,16-17H2,1H3. The predicted octanol–water partition coefficient (Wildman–Crippen LogP) is 5.56. The van der Waals surface area contributed by atoms with Gasteiger partial charge in [0.05, 0.1) is 21.9 Å². The van der Waals surface area contributed by atoms with Crippen LogP contribution in [0, 0.1) is 6.92 Å². The zero-order valence-corrected chi connectivity index (χ0v) is 23.2. The van der Waals surface area contributed by atoms with Gasteiger partial charge in [-0.3, -0.25) is 14.5 Å². The van der Waals surface area contributed by atoms with Crippen molar-refractivity contribution in [1.82, 2.24) is 9.46 Å². The molecule has 1 atom stereocenters. The molecule has 1 saturated heterocycles. The topological polar surface area (TPSA) is 114 Å². The Morgan fingerprint density at radius 2 is 1.63 bits per heavy atom. The van der Waals surface area contributed by atoms with Crippen LogP contribution in [0.2, 0.25) is 0 Å². The number of aryl methyl sites for hydroxylation is 1. The first-order chi connectivity index (χ1) is 19.8. The Kier molecular flexibility index (Phi) is 6.06. The fourth-order valence-corrected chi connectivity index (χ4v) is 7.53. The SMILES string of the molecule is Cc1cc(N2C(=O)c3oc4ccc5ccccc5c4c(=O)c3C2c2ccc(S(=O)(=O)N3CCCCCC3)cc2)no1. The first kappa shape index (κ1) is 25.7. The molecule has 0 saturated carbocycles. The number of carbonyl (C=O) groups excluding carboxylic acids is 1. The predicted molar refractivity (Wildman–Crippen MR) is 154 cm³/mol. The summed E-state index contributed by atoms with van der Waals surface area (Å²) in [4.78, 5) is 29.6. The Hall–Kier alpha value is -4.28. The van der Waals surface area contributed by atoms with Crippen LogP contribution < -0.4 is 10.3 Å². The van der Waals surface area contributed by atoms with Crippen molar-refractivity contribution < 1.29 is 22.2 Å². The molecule has 1 fully saturated rings. The van der Waals surface area contributed by atoms with Crippen LogP contribution in [0.3, 0.4) is 0 Å². The highest BCUT2D eigenvalue weighted by atomic mass is 32.2. The van der Waals surface area contributed by atoms with Crippen LogP contribution in [0.25, 0.3) is 21.7 Å². The van der Waals surface area contributed by atoms with E-state index in [4.69, 9.17) is 8.94 Å². The molecule has 0 aliphatic carbocycles. The van der Waals surface area contributed by atoms with Crippen molar-refractivity contribution >= 4 is 43.5 Å². The minimum Gasteiger partial charge on any atom is -0.450 e. The maximum atomic E-state index is 14.2. The second kappa shape index (κ2) is 9.67. The van der Waals surface area contributed by atoms with Crippen LogP contribution in [0.4, 0.5) is 5.82 Å². The molecule has 5 aromatic rings. The van der Waals surface area contributed by atoms with Crippen LogP contribution in [0.1, 0.15) is 59.2 Å². The summed E-state index contributed by atoms with van der Waals surface area (Å²) in [7, 11) is -3.68. The first-order valence-electron chi connectivity index (χ1n) is 13.7. The summed E-state index contributed by atoms with van der Waals surface area (Å²) in [5, 5.41) is 6.05. The zero-order chi connectivity index (χ0) is 28.3. The highest BCUT2D eigenvalue weighted by Gasteiger charge is 2.45. The van der Waals surface area contributed by atoms with Gasteiger partial charge in [-0.15, -0.1) is 0 Å². The lowest BCUT2D eigenvalue weighted by Gasteiger charge is -2.23.